The van der Waals surface area contributed by atoms with E-state index in [1.807, 2.05) is 25.1 Å². The summed E-state index contributed by atoms with van der Waals surface area (Å²) < 4.78 is 23.8. The van der Waals surface area contributed by atoms with Crippen molar-refractivity contribution in [2.75, 3.05) is 31.9 Å². The first kappa shape index (κ1) is 21.0. The molecule has 0 aromatic heterocycles. The minimum Gasteiger partial charge on any atom is -0.357 e. The minimum atomic E-state index is -3.07. The zero-order valence-electron chi connectivity index (χ0n) is 16.3. The van der Waals surface area contributed by atoms with Crippen molar-refractivity contribution >= 4 is 27.4 Å². The van der Waals surface area contributed by atoms with Crippen LogP contribution in [0.15, 0.2) is 29.3 Å². The van der Waals surface area contributed by atoms with Crippen LogP contribution >= 0.6 is 11.6 Å². The zero-order chi connectivity index (χ0) is 19.6. The fourth-order valence-corrected chi connectivity index (χ4v) is 4.58. The quantitative estimate of drug-likeness (QED) is 0.624. The van der Waals surface area contributed by atoms with Gasteiger partial charge in [0.1, 0.15) is 0 Å². The molecule has 0 spiro atoms. The molecule has 5 nitrogen and oxygen atoms in total. The van der Waals surface area contributed by atoms with Gasteiger partial charge in [-0.3, -0.25) is 4.99 Å². The summed E-state index contributed by atoms with van der Waals surface area (Å²) in [5, 5.41) is 4.03. The van der Waals surface area contributed by atoms with Gasteiger partial charge in [-0.05, 0) is 38.5 Å². The maximum absolute atomic E-state index is 12.3. The second kappa shape index (κ2) is 7.77. The van der Waals surface area contributed by atoms with Crippen LogP contribution in [0.4, 0.5) is 0 Å². The summed E-state index contributed by atoms with van der Waals surface area (Å²) in [4.78, 5) is 6.88. The van der Waals surface area contributed by atoms with Gasteiger partial charge in [-0.1, -0.05) is 37.6 Å². The third-order valence-electron chi connectivity index (χ3n) is 4.91. The van der Waals surface area contributed by atoms with Crippen molar-refractivity contribution in [3.8, 4) is 0 Å². The van der Waals surface area contributed by atoms with Crippen LogP contribution in [0.3, 0.4) is 0 Å². The minimum absolute atomic E-state index is 0.155. The van der Waals surface area contributed by atoms with Crippen LogP contribution in [0.5, 0.6) is 0 Å². The Balaban J connectivity index is 2.21. The molecule has 0 amide bonds. The predicted molar refractivity (Wildman–Crippen MR) is 110 cm³/mol. The van der Waals surface area contributed by atoms with E-state index in [2.05, 4.69) is 30.1 Å². The van der Waals surface area contributed by atoms with Crippen molar-refractivity contribution in [3.63, 3.8) is 0 Å². The normalized spacial score (nSPS) is 20.1. The molecular formula is C19H30ClN3O2S. The van der Waals surface area contributed by atoms with Crippen molar-refractivity contribution in [3.05, 3.63) is 34.9 Å². The van der Waals surface area contributed by atoms with E-state index in [-0.39, 0.29) is 11.2 Å². The van der Waals surface area contributed by atoms with Crippen LogP contribution in [-0.2, 0) is 15.3 Å². The molecule has 1 aromatic rings. The fraction of sp³-hybridized carbons (Fsp3) is 0.632. The molecule has 0 saturated carbocycles. The Kier molecular flexibility index (Phi) is 6.28. The molecule has 1 fully saturated rings. The highest BCUT2D eigenvalue weighted by atomic mass is 35.5. The van der Waals surface area contributed by atoms with E-state index >= 15 is 0 Å². The number of benzene rings is 1. The average Bonchev–Trinajstić information content (AvgIpc) is 2.54. The van der Waals surface area contributed by atoms with Gasteiger partial charge in [0.25, 0.3) is 0 Å². The highest BCUT2D eigenvalue weighted by Gasteiger charge is 2.41. The van der Waals surface area contributed by atoms with E-state index in [4.69, 9.17) is 16.6 Å². The van der Waals surface area contributed by atoms with Crippen LogP contribution in [0.2, 0.25) is 5.02 Å². The van der Waals surface area contributed by atoms with Gasteiger partial charge in [-0.15, -0.1) is 0 Å². The standard InChI is InChI=1S/C19H30ClN3O2S/c1-6-21-17(23-10-11-26(24,25)19(4,5)14-23)22-13-18(2,3)15-8-7-9-16(20)12-15/h7-9,12H,6,10-11,13-14H2,1-5H3,(H,21,22). The van der Waals surface area contributed by atoms with E-state index in [1.54, 1.807) is 13.8 Å². The third-order valence-corrected chi connectivity index (χ3v) is 7.68. The monoisotopic (exact) mass is 399 g/mol. The Morgan fingerprint density at radius 1 is 1.38 bits per heavy atom. The number of aliphatic imine (C=N–C) groups is 1. The molecule has 1 aliphatic rings. The number of guanidine groups is 1. The Labute approximate surface area is 162 Å². The van der Waals surface area contributed by atoms with Crippen LogP contribution < -0.4 is 5.32 Å². The number of sulfone groups is 1. The lowest BCUT2D eigenvalue weighted by atomic mass is 9.85. The lowest BCUT2D eigenvalue weighted by molar-refractivity contribution is 0.352. The SMILES string of the molecule is CCNC(=NCC(C)(C)c1cccc(Cl)c1)N1CCS(=O)(=O)C(C)(C)C1. The summed E-state index contributed by atoms with van der Waals surface area (Å²) >= 11 is 6.13. The largest absolute Gasteiger partial charge is 0.357 e. The van der Waals surface area contributed by atoms with E-state index < -0.39 is 14.6 Å². The Morgan fingerprint density at radius 2 is 2.08 bits per heavy atom. The van der Waals surface area contributed by atoms with Crippen LogP contribution in [0.1, 0.15) is 40.2 Å². The summed E-state index contributed by atoms with van der Waals surface area (Å²) in [5.41, 5.74) is 0.953. The molecule has 0 radical (unpaired) electrons. The van der Waals surface area contributed by atoms with Gasteiger partial charge in [-0.2, -0.15) is 0 Å². The average molecular weight is 400 g/mol. The first-order valence-corrected chi connectivity index (χ1v) is 11.0. The first-order valence-electron chi connectivity index (χ1n) is 9.00. The summed E-state index contributed by atoms with van der Waals surface area (Å²) in [7, 11) is -3.07. The molecule has 0 bridgehead atoms. The Bertz CT molecular complexity index is 773. The molecule has 146 valence electrons. The second-order valence-corrected chi connectivity index (χ2v) is 11.2. The van der Waals surface area contributed by atoms with E-state index in [0.717, 1.165) is 23.1 Å². The molecule has 1 aliphatic heterocycles. The number of nitrogens with one attached hydrogen (secondary N) is 1. The highest BCUT2D eigenvalue weighted by molar-refractivity contribution is 7.92. The molecule has 0 unspecified atom stereocenters. The van der Waals surface area contributed by atoms with Crippen molar-refractivity contribution in [1.82, 2.24) is 10.2 Å². The van der Waals surface area contributed by atoms with Gasteiger partial charge in [0.05, 0.1) is 17.0 Å². The highest BCUT2D eigenvalue weighted by Crippen LogP contribution is 2.27. The Hall–Kier alpha value is -1.27. The van der Waals surface area contributed by atoms with Crippen molar-refractivity contribution in [1.29, 1.82) is 0 Å². The number of hydrogen-bond donors (Lipinski definition) is 1. The second-order valence-electron chi connectivity index (χ2n) is 8.06. The van der Waals surface area contributed by atoms with E-state index in [0.29, 0.717) is 19.6 Å². The molecule has 0 atom stereocenters. The maximum Gasteiger partial charge on any atom is 0.194 e. The molecule has 1 aromatic carbocycles. The molecule has 2 rings (SSSR count). The van der Waals surface area contributed by atoms with Gasteiger partial charge in [0.15, 0.2) is 15.8 Å². The van der Waals surface area contributed by atoms with Crippen LogP contribution in [0, 0.1) is 0 Å². The molecule has 1 saturated heterocycles. The predicted octanol–water partition coefficient (Wildman–Crippen LogP) is 3.09. The molecule has 26 heavy (non-hydrogen) atoms. The first-order chi connectivity index (χ1) is 12.0. The van der Waals surface area contributed by atoms with Crippen molar-refractivity contribution in [2.45, 2.75) is 44.8 Å². The Morgan fingerprint density at radius 3 is 2.65 bits per heavy atom. The van der Waals surface area contributed by atoms with Gasteiger partial charge >= 0.3 is 0 Å². The lowest BCUT2D eigenvalue weighted by Gasteiger charge is -2.39. The molecule has 7 heteroatoms. The van der Waals surface area contributed by atoms with Crippen molar-refractivity contribution in [2.24, 2.45) is 4.99 Å². The number of halogens is 1. The number of nitrogens with zero attached hydrogens (tertiary/aromatic N) is 2. The number of rotatable bonds is 4. The summed E-state index contributed by atoms with van der Waals surface area (Å²) in [5.74, 6) is 0.924. The molecule has 0 aliphatic carbocycles. The zero-order valence-corrected chi connectivity index (χ0v) is 17.9. The molecule has 1 N–H and O–H groups in total. The molecule has 1 heterocycles. The van der Waals surface area contributed by atoms with E-state index in [1.165, 1.54) is 0 Å². The number of hydrogen-bond acceptors (Lipinski definition) is 3. The van der Waals surface area contributed by atoms with E-state index in [9.17, 15) is 8.42 Å². The van der Waals surface area contributed by atoms with Gasteiger partial charge in [0, 0.05) is 30.1 Å². The lowest BCUT2D eigenvalue weighted by Crippen LogP contribution is -2.57. The third kappa shape index (κ3) is 4.71. The summed E-state index contributed by atoms with van der Waals surface area (Å²) in [6, 6.07) is 7.85. The maximum atomic E-state index is 12.3. The molecular weight excluding hydrogens is 370 g/mol. The van der Waals surface area contributed by atoms with Gasteiger partial charge in [-0.25, -0.2) is 8.42 Å². The summed E-state index contributed by atoms with van der Waals surface area (Å²) in [6.07, 6.45) is 0. The summed E-state index contributed by atoms with van der Waals surface area (Å²) in [6.45, 7) is 12.1. The van der Waals surface area contributed by atoms with Crippen LogP contribution in [-0.4, -0.2) is 56.0 Å². The van der Waals surface area contributed by atoms with Crippen LogP contribution in [0.25, 0.3) is 0 Å². The van der Waals surface area contributed by atoms with Crippen molar-refractivity contribution < 1.29 is 8.42 Å². The van der Waals surface area contributed by atoms with Gasteiger partial charge in [0.2, 0.25) is 0 Å². The smallest absolute Gasteiger partial charge is 0.194 e. The topological polar surface area (TPSA) is 61.8 Å². The fourth-order valence-electron chi connectivity index (χ4n) is 3.02. The van der Waals surface area contributed by atoms with Gasteiger partial charge < -0.3 is 10.2 Å².